The molecule has 0 amide bonds. The van der Waals surface area contributed by atoms with Crippen LogP contribution in [0.1, 0.15) is 19.4 Å². The maximum atomic E-state index is 13.7. The molecule has 1 aromatic rings. The van der Waals surface area contributed by atoms with Gasteiger partial charge in [-0.05, 0) is 6.92 Å². The average molecular weight is 346 g/mol. The number of methoxy groups -OCH3 is 1. The molecule has 1 rings (SSSR count). The van der Waals surface area contributed by atoms with Crippen LogP contribution < -0.4 is 0 Å². The molecule has 1 N–H and O–H groups in total. The highest BCUT2D eigenvalue weighted by molar-refractivity contribution is 5.82. The molecule has 0 aliphatic carbocycles. The maximum Gasteiger partial charge on any atom is 0.432 e. The fraction of sp³-hybridized carbons (Fsp3) is 0.471. The van der Waals surface area contributed by atoms with Gasteiger partial charge in [0.05, 0.1) is 0 Å². The van der Waals surface area contributed by atoms with Gasteiger partial charge in [-0.15, -0.1) is 6.58 Å². The Morgan fingerprint density at radius 3 is 2.29 bits per heavy atom. The van der Waals surface area contributed by atoms with E-state index in [0.29, 0.717) is 0 Å². The molecule has 3 atom stereocenters. The maximum absolute atomic E-state index is 13.7. The minimum Gasteiger partial charge on any atom is -0.460 e. The van der Waals surface area contributed by atoms with Gasteiger partial charge in [-0.3, -0.25) is 0 Å². The van der Waals surface area contributed by atoms with E-state index in [1.54, 1.807) is 6.92 Å². The largest absolute Gasteiger partial charge is 0.460 e. The van der Waals surface area contributed by atoms with E-state index >= 15 is 0 Å². The zero-order valence-electron chi connectivity index (χ0n) is 13.8. The zero-order chi connectivity index (χ0) is 18.6. The van der Waals surface area contributed by atoms with Gasteiger partial charge in [-0.2, -0.15) is 13.2 Å². The van der Waals surface area contributed by atoms with Crippen LogP contribution in [0.2, 0.25) is 0 Å². The molecule has 0 aromatic heterocycles. The Bertz CT molecular complexity index is 569. The first kappa shape index (κ1) is 20.2. The average Bonchev–Trinajstić information content (AvgIpc) is 2.53. The van der Waals surface area contributed by atoms with Gasteiger partial charge in [0.25, 0.3) is 5.60 Å². The number of halogens is 3. The predicted molar refractivity (Wildman–Crippen MR) is 82.1 cm³/mol. The number of alkyl halides is 3. The van der Waals surface area contributed by atoms with E-state index in [0.717, 1.165) is 19.2 Å². The summed E-state index contributed by atoms with van der Waals surface area (Å²) in [6.07, 6.45) is -3.63. The third-order valence-corrected chi connectivity index (χ3v) is 4.00. The van der Waals surface area contributed by atoms with E-state index in [9.17, 15) is 23.1 Å². The number of esters is 1. The van der Waals surface area contributed by atoms with Crippen LogP contribution in [-0.2, 0) is 19.9 Å². The van der Waals surface area contributed by atoms with Crippen LogP contribution in [0.3, 0.4) is 0 Å². The second kappa shape index (κ2) is 7.36. The van der Waals surface area contributed by atoms with Gasteiger partial charge >= 0.3 is 12.1 Å². The van der Waals surface area contributed by atoms with Crippen molar-refractivity contribution in [3.8, 4) is 0 Å². The summed E-state index contributed by atoms with van der Waals surface area (Å²) in [5.74, 6) is -2.13. The van der Waals surface area contributed by atoms with E-state index in [1.807, 2.05) is 0 Å². The lowest BCUT2D eigenvalue weighted by molar-refractivity contribution is -0.278. The van der Waals surface area contributed by atoms with Gasteiger partial charge in [0.1, 0.15) is 12.2 Å². The third-order valence-electron chi connectivity index (χ3n) is 4.00. The second-order valence-corrected chi connectivity index (χ2v) is 5.71. The first-order valence-corrected chi connectivity index (χ1v) is 7.22. The Morgan fingerprint density at radius 1 is 1.33 bits per heavy atom. The highest BCUT2D eigenvalue weighted by atomic mass is 19.4. The molecule has 0 bridgehead atoms. The van der Waals surface area contributed by atoms with Crippen molar-refractivity contribution in [2.45, 2.75) is 31.2 Å². The minimum absolute atomic E-state index is 0.401. The Kier molecular flexibility index (Phi) is 6.19. The van der Waals surface area contributed by atoms with Crippen molar-refractivity contribution in [3.63, 3.8) is 0 Å². The van der Waals surface area contributed by atoms with Crippen LogP contribution in [-0.4, -0.2) is 36.6 Å². The number of benzene rings is 1. The smallest absolute Gasteiger partial charge is 0.432 e. The number of rotatable bonds is 7. The number of carbonyl (C=O) groups is 1. The Hall–Kier alpha value is -1.86. The minimum atomic E-state index is -5.05. The predicted octanol–water partition coefficient (Wildman–Crippen LogP) is 3.21. The van der Waals surface area contributed by atoms with Crippen molar-refractivity contribution >= 4 is 5.97 Å². The molecule has 7 heteroatoms. The van der Waals surface area contributed by atoms with Crippen LogP contribution >= 0.6 is 0 Å². The Morgan fingerprint density at radius 2 is 1.88 bits per heavy atom. The van der Waals surface area contributed by atoms with Crippen molar-refractivity contribution < 1.29 is 32.5 Å². The Labute approximate surface area is 138 Å². The lowest BCUT2D eigenvalue weighted by Gasteiger charge is -2.34. The molecular formula is C17H21F3O4. The van der Waals surface area contributed by atoms with E-state index < -0.39 is 41.4 Å². The molecule has 0 radical (unpaired) electrons. The summed E-state index contributed by atoms with van der Waals surface area (Å²) in [6.45, 7) is 5.82. The van der Waals surface area contributed by atoms with Crippen LogP contribution in [0.5, 0.6) is 0 Å². The molecule has 0 fully saturated rings. The summed E-state index contributed by atoms with van der Waals surface area (Å²) in [6, 6.07) is 6.49. The van der Waals surface area contributed by atoms with Crippen molar-refractivity contribution in [1.29, 1.82) is 0 Å². The highest BCUT2D eigenvalue weighted by Crippen LogP contribution is 2.43. The summed E-state index contributed by atoms with van der Waals surface area (Å²) in [5, 5.41) is 10.2. The van der Waals surface area contributed by atoms with Gasteiger partial charge in [0, 0.05) is 18.6 Å². The van der Waals surface area contributed by atoms with E-state index in [1.165, 1.54) is 31.2 Å². The zero-order valence-corrected chi connectivity index (χ0v) is 13.8. The highest BCUT2D eigenvalue weighted by Gasteiger charge is 2.64. The van der Waals surface area contributed by atoms with Crippen LogP contribution in [0, 0.1) is 5.92 Å². The summed E-state index contributed by atoms with van der Waals surface area (Å²) < 4.78 is 50.3. The molecular weight excluding hydrogens is 325 g/mol. The van der Waals surface area contributed by atoms with Crippen LogP contribution in [0.4, 0.5) is 13.2 Å². The van der Waals surface area contributed by atoms with Crippen molar-refractivity contribution in [3.05, 3.63) is 48.6 Å². The fourth-order valence-corrected chi connectivity index (χ4v) is 2.09. The summed E-state index contributed by atoms with van der Waals surface area (Å²) in [5.41, 5.74) is -5.22. The molecule has 0 aliphatic heterocycles. The number of hydrogen-bond donors (Lipinski definition) is 1. The van der Waals surface area contributed by atoms with Crippen molar-refractivity contribution in [1.82, 2.24) is 0 Å². The normalized spacial score (nSPS) is 18.1. The molecule has 0 spiro atoms. The SMILES string of the molecule is C=C[C@H](C)[C@@](C)(O)COC(=O)[C@](OC)(c1ccccc1)C(F)(F)F. The fourth-order valence-electron chi connectivity index (χ4n) is 2.09. The molecule has 0 aliphatic rings. The quantitative estimate of drug-likeness (QED) is 0.608. The standard InChI is InChI=1S/C17H21F3O4/c1-5-12(2)15(3,22)11-24-14(21)16(23-4,17(18,19)20)13-9-7-6-8-10-13/h5-10,12,22H,1,11H2,2-4H3/t12-,15-,16+/m0/s1. The number of carbonyl (C=O) groups excluding carboxylic acids is 1. The van der Waals surface area contributed by atoms with Gasteiger partial charge in [-0.25, -0.2) is 4.79 Å². The van der Waals surface area contributed by atoms with Gasteiger partial charge in [-0.1, -0.05) is 43.3 Å². The molecule has 0 unspecified atom stereocenters. The van der Waals surface area contributed by atoms with E-state index in [-0.39, 0.29) is 0 Å². The summed E-state index contributed by atoms with van der Waals surface area (Å²) >= 11 is 0. The van der Waals surface area contributed by atoms with E-state index in [4.69, 9.17) is 4.74 Å². The lowest BCUT2D eigenvalue weighted by atomic mass is 9.91. The summed E-state index contributed by atoms with van der Waals surface area (Å²) in [4.78, 5) is 12.3. The molecule has 0 heterocycles. The van der Waals surface area contributed by atoms with Crippen LogP contribution in [0.15, 0.2) is 43.0 Å². The number of hydrogen-bond acceptors (Lipinski definition) is 4. The Balaban J connectivity index is 3.18. The van der Waals surface area contributed by atoms with Crippen molar-refractivity contribution in [2.24, 2.45) is 5.92 Å². The van der Waals surface area contributed by atoms with Gasteiger partial charge < -0.3 is 14.6 Å². The molecule has 0 saturated carbocycles. The van der Waals surface area contributed by atoms with Crippen molar-refractivity contribution in [2.75, 3.05) is 13.7 Å². The first-order chi connectivity index (χ1) is 11.0. The van der Waals surface area contributed by atoms with E-state index in [2.05, 4.69) is 11.3 Å². The lowest BCUT2D eigenvalue weighted by Crippen LogP contribution is -2.53. The topological polar surface area (TPSA) is 55.8 Å². The second-order valence-electron chi connectivity index (χ2n) is 5.71. The first-order valence-electron chi connectivity index (χ1n) is 7.22. The molecule has 4 nitrogen and oxygen atoms in total. The van der Waals surface area contributed by atoms with Gasteiger partial charge in [0.15, 0.2) is 0 Å². The number of aliphatic hydroxyl groups is 1. The molecule has 24 heavy (non-hydrogen) atoms. The molecule has 134 valence electrons. The summed E-state index contributed by atoms with van der Waals surface area (Å²) in [7, 11) is 0.784. The third kappa shape index (κ3) is 3.79. The number of ether oxygens (including phenoxy) is 2. The van der Waals surface area contributed by atoms with Gasteiger partial charge in [0.2, 0.25) is 0 Å². The molecule has 1 aromatic carbocycles. The molecule has 0 saturated heterocycles. The monoisotopic (exact) mass is 346 g/mol. The van der Waals surface area contributed by atoms with Crippen LogP contribution in [0.25, 0.3) is 0 Å².